The molecule has 0 radical (unpaired) electrons. The Kier molecular flexibility index (Phi) is 4.57. The van der Waals surface area contributed by atoms with Gasteiger partial charge in [0.25, 0.3) is 0 Å². The molecule has 2 aromatic carbocycles. The van der Waals surface area contributed by atoms with E-state index in [4.69, 9.17) is 0 Å². The first-order chi connectivity index (χ1) is 11.8. The Hall–Kier alpha value is -2.69. The molecule has 0 saturated heterocycles. The summed E-state index contributed by atoms with van der Waals surface area (Å²) in [6.45, 7) is 5.94. The first-order valence-electron chi connectivity index (χ1n) is 8.30. The number of halogens is 1. The number of hydrogen-bond acceptors (Lipinski definition) is 2. The summed E-state index contributed by atoms with van der Waals surface area (Å²) >= 11 is 0. The number of carbonyl (C=O) groups excluding carboxylic acids is 2. The highest BCUT2D eigenvalue weighted by molar-refractivity contribution is 6.03. The molecule has 0 spiro atoms. The van der Waals surface area contributed by atoms with Crippen molar-refractivity contribution in [3.05, 3.63) is 58.9 Å². The van der Waals surface area contributed by atoms with E-state index in [2.05, 4.69) is 10.6 Å². The zero-order valence-corrected chi connectivity index (χ0v) is 14.5. The van der Waals surface area contributed by atoms with Crippen LogP contribution in [0.25, 0.3) is 0 Å². The summed E-state index contributed by atoms with van der Waals surface area (Å²) in [4.78, 5) is 24.7. The molecule has 0 bridgehead atoms. The molecule has 2 unspecified atom stereocenters. The molecule has 2 aromatic rings. The summed E-state index contributed by atoms with van der Waals surface area (Å²) in [6, 6.07) is 9.63. The Morgan fingerprint density at radius 3 is 2.00 bits per heavy atom. The molecule has 1 fully saturated rings. The normalized spacial score (nSPS) is 18.6. The second-order valence-electron chi connectivity index (χ2n) is 6.71. The molecule has 1 aliphatic rings. The Morgan fingerprint density at radius 1 is 0.920 bits per heavy atom. The first kappa shape index (κ1) is 17.1. The van der Waals surface area contributed by atoms with Crippen LogP contribution in [0.4, 0.5) is 15.8 Å². The summed E-state index contributed by atoms with van der Waals surface area (Å²) in [5.41, 5.74) is 4.52. The van der Waals surface area contributed by atoms with E-state index >= 15 is 0 Å². The standard InChI is InChI=1S/C20H21FN2O2/c1-11-8-12(2)18(13(3)9-11)23-20(25)17-10-16(17)19(24)22-15-6-4-14(21)5-7-15/h4-9,16-17H,10H2,1-3H3,(H,22,24)(H,23,25). The molecule has 2 amide bonds. The molecule has 3 rings (SSSR count). The van der Waals surface area contributed by atoms with Gasteiger partial charge in [-0.05, 0) is 62.6 Å². The SMILES string of the molecule is Cc1cc(C)c(NC(=O)C2CC2C(=O)Nc2ccc(F)cc2)c(C)c1. The van der Waals surface area contributed by atoms with Crippen LogP contribution in [0.5, 0.6) is 0 Å². The van der Waals surface area contributed by atoms with Gasteiger partial charge in [0.2, 0.25) is 11.8 Å². The van der Waals surface area contributed by atoms with Gasteiger partial charge >= 0.3 is 0 Å². The fourth-order valence-corrected chi connectivity index (χ4v) is 3.14. The maximum Gasteiger partial charge on any atom is 0.228 e. The van der Waals surface area contributed by atoms with Gasteiger partial charge in [0.15, 0.2) is 0 Å². The van der Waals surface area contributed by atoms with Gasteiger partial charge in [-0.1, -0.05) is 17.7 Å². The van der Waals surface area contributed by atoms with Crippen molar-refractivity contribution in [3.63, 3.8) is 0 Å². The molecule has 4 nitrogen and oxygen atoms in total. The highest BCUT2D eigenvalue weighted by Gasteiger charge is 2.48. The van der Waals surface area contributed by atoms with Crippen LogP contribution in [0, 0.1) is 38.4 Å². The molecule has 2 N–H and O–H groups in total. The van der Waals surface area contributed by atoms with Crippen molar-refractivity contribution in [1.82, 2.24) is 0 Å². The number of benzene rings is 2. The van der Waals surface area contributed by atoms with Crippen LogP contribution < -0.4 is 10.6 Å². The third-order valence-corrected chi connectivity index (χ3v) is 4.50. The molecule has 0 aliphatic heterocycles. The van der Waals surface area contributed by atoms with E-state index < -0.39 is 0 Å². The highest BCUT2D eigenvalue weighted by Crippen LogP contribution is 2.40. The predicted molar refractivity (Wildman–Crippen MR) is 95.9 cm³/mol. The molecule has 0 heterocycles. The predicted octanol–water partition coefficient (Wildman–Crippen LogP) is 3.96. The van der Waals surface area contributed by atoms with Crippen LogP contribution in [0.1, 0.15) is 23.1 Å². The van der Waals surface area contributed by atoms with Gasteiger partial charge in [-0.15, -0.1) is 0 Å². The van der Waals surface area contributed by atoms with Gasteiger partial charge in [-0.25, -0.2) is 4.39 Å². The second kappa shape index (κ2) is 6.67. The van der Waals surface area contributed by atoms with Crippen molar-refractivity contribution >= 4 is 23.2 Å². The van der Waals surface area contributed by atoms with E-state index in [1.54, 1.807) is 0 Å². The smallest absolute Gasteiger partial charge is 0.228 e. The minimum atomic E-state index is -0.356. The third-order valence-electron chi connectivity index (χ3n) is 4.50. The topological polar surface area (TPSA) is 58.2 Å². The number of nitrogens with one attached hydrogen (secondary N) is 2. The number of amides is 2. The number of anilines is 2. The van der Waals surface area contributed by atoms with Crippen molar-refractivity contribution in [2.75, 3.05) is 10.6 Å². The molecule has 25 heavy (non-hydrogen) atoms. The Bertz CT molecular complexity index is 807. The van der Waals surface area contributed by atoms with Gasteiger partial charge in [0.05, 0.1) is 11.8 Å². The number of rotatable bonds is 4. The summed E-state index contributed by atoms with van der Waals surface area (Å²) in [6.07, 6.45) is 0.531. The van der Waals surface area contributed by atoms with Crippen LogP contribution in [0.15, 0.2) is 36.4 Å². The van der Waals surface area contributed by atoms with E-state index in [1.165, 1.54) is 24.3 Å². The molecular weight excluding hydrogens is 319 g/mol. The van der Waals surface area contributed by atoms with E-state index in [-0.39, 0.29) is 29.5 Å². The van der Waals surface area contributed by atoms with Crippen molar-refractivity contribution in [1.29, 1.82) is 0 Å². The molecular formula is C20H21FN2O2. The lowest BCUT2D eigenvalue weighted by Crippen LogP contribution is -2.21. The Balaban J connectivity index is 1.60. The van der Waals surface area contributed by atoms with Crippen molar-refractivity contribution < 1.29 is 14.0 Å². The van der Waals surface area contributed by atoms with E-state index in [1.807, 2.05) is 32.9 Å². The highest BCUT2D eigenvalue weighted by atomic mass is 19.1. The summed E-state index contributed by atoms with van der Waals surface area (Å²) in [5.74, 6) is -1.35. The van der Waals surface area contributed by atoms with Gasteiger partial charge in [0.1, 0.15) is 5.82 Å². The van der Waals surface area contributed by atoms with E-state index in [9.17, 15) is 14.0 Å². The van der Waals surface area contributed by atoms with Gasteiger partial charge < -0.3 is 10.6 Å². The number of carbonyl (C=O) groups is 2. The largest absolute Gasteiger partial charge is 0.326 e. The van der Waals surface area contributed by atoms with E-state index in [0.29, 0.717) is 12.1 Å². The van der Waals surface area contributed by atoms with Crippen molar-refractivity contribution in [2.45, 2.75) is 27.2 Å². The molecule has 0 aromatic heterocycles. The average Bonchev–Trinajstić information content (AvgIpc) is 3.33. The van der Waals surface area contributed by atoms with Gasteiger partial charge in [-0.3, -0.25) is 9.59 Å². The number of aryl methyl sites for hydroxylation is 3. The van der Waals surface area contributed by atoms with Crippen LogP contribution in [0.3, 0.4) is 0 Å². The van der Waals surface area contributed by atoms with Crippen molar-refractivity contribution in [3.8, 4) is 0 Å². The zero-order valence-electron chi connectivity index (χ0n) is 14.5. The zero-order chi connectivity index (χ0) is 18.1. The lowest BCUT2D eigenvalue weighted by atomic mass is 10.0. The Morgan fingerprint density at radius 2 is 1.44 bits per heavy atom. The summed E-state index contributed by atoms with van der Waals surface area (Å²) in [7, 11) is 0. The van der Waals surface area contributed by atoms with Crippen LogP contribution >= 0.6 is 0 Å². The fraction of sp³-hybridized carbons (Fsp3) is 0.300. The maximum atomic E-state index is 12.9. The molecule has 5 heteroatoms. The monoisotopic (exact) mass is 340 g/mol. The van der Waals surface area contributed by atoms with Crippen molar-refractivity contribution in [2.24, 2.45) is 11.8 Å². The summed E-state index contributed by atoms with van der Waals surface area (Å²) in [5, 5.41) is 5.68. The molecule has 2 atom stereocenters. The molecule has 130 valence electrons. The number of hydrogen-bond donors (Lipinski definition) is 2. The minimum Gasteiger partial charge on any atom is -0.326 e. The van der Waals surface area contributed by atoms with Gasteiger partial charge in [-0.2, -0.15) is 0 Å². The fourth-order valence-electron chi connectivity index (χ4n) is 3.14. The minimum absolute atomic E-state index is 0.130. The third kappa shape index (κ3) is 3.87. The average molecular weight is 340 g/mol. The lowest BCUT2D eigenvalue weighted by Gasteiger charge is -2.13. The molecule has 1 saturated carbocycles. The van der Waals surface area contributed by atoms with Crippen LogP contribution in [-0.4, -0.2) is 11.8 Å². The van der Waals surface area contributed by atoms with Crippen LogP contribution in [0.2, 0.25) is 0 Å². The van der Waals surface area contributed by atoms with E-state index in [0.717, 1.165) is 22.4 Å². The second-order valence-corrected chi connectivity index (χ2v) is 6.71. The lowest BCUT2D eigenvalue weighted by molar-refractivity contribution is -0.122. The summed E-state index contributed by atoms with van der Waals surface area (Å²) < 4.78 is 12.9. The Labute approximate surface area is 146 Å². The van der Waals surface area contributed by atoms with Crippen LogP contribution in [-0.2, 0) is 9.59 Å². The first-order valence-corrected chi connectivity index (χ1v) is 8.30. The quantitative estimate of drug-likeness (QED) is 0.885. The molecule has 1 aliphatic carbocycles. The van der Waals surface area contributed by atoms with Gasteiger partial charge in [0, 0.05) is 11.4 Å². The maximum absolute atomic E-state index is 12.9.